The van der Waals surface area contributed by atoms with E-state index in [1.165, 1.54) is 11.1 Å². The average Bonchev–Trinajstić information content (AvgIpc) is 3.28. The zero-order valence-electron chi connectivity index (χ0n) is 17.2. The second-order valence-electron chi connectivity index (χ2n) is 8.27. The summed E-state index contributed by atoms with van der Waals surface area (Å²) in [5.41, 5.74) is 4.68. The highest BCUT2D eigenvalue weighted by Crippen LogP contribution is 2.53. The first-order valence-electron chi connectivity index (χ1n) is 10.9. The molecule has 0 bridgehead atoms. The Morgan fingerprint density at radius 2 is 1.68 bits per heavy atom. The zero-order chi connectivity index (χ0) is 21.2. The van der Waals surface area contributed by atoms with Gasteiger partial charge in [-0.1, -0.05) is 83.9 Å². The normalized spacial score (nSPS) is 21.3. The Labute approximate surface area is 193 Å². The summed E-state index contributed by atoms with van der Waals surface area (Å²) in [6, 6.07) is 22.7. The van der Waals surface area contributed by atoms with Crippen LogP contribution in [0.4, 0.5) is 5.69 Å². The maximum absolute atomic E-state index is 6.60. The second kappa shape index (κ2) is 8.98. The number of ether oxygens (including phenoxy) is 1. The number of benzene rings is 3. The standard InChI is InChI=1S/C27H25Cl2NO/c28-22-14-6-15-23(29)25(22)27-21-12-4-11-19(21)20-13-5-16-24(26(20)30-27)31-17-7-10-18-8-2-1-3-9-18/h1-6,8-9,11,13-16,19,21,27,30H,7,10,12,17H2. The monoisotopic (exact) mass is 449 g/mol. The molecule has 1 aliphatic carbocycles. The molecule has 0 saturated heterocycles. The summed E-state index contributed by atoms with van der Waals surface area (Å²) in [5, 5.41) is 5.18. The number of nitrogens with one attached hydrogen (secondary N) is 1. The van der Waals surface area contributed by atoms with Crippen molar-refractivity contribution in [2.24, 2.45) is 5.92 Å². The van der Waals surface area contributed by atoms with Crippen LogP contribution in [0.3, 0.4) is 0 Å². The molecule has 3 unspecified atom stereocenters. The van der Waals surface area contributed by atoms with Gasteiger partial charge in [0.05, 0.1) is 18.3 Å². The second-order valence-corrected chi connectivity index (χ2v) is 9.08. The highest BCUT2D eigenvalue weighted by atomic mass is 35.5. The maximum Gasteiger partial charge on any atom is 0.142 e. The molecule has 0 spiro atoms. The van der Waals surface area contributed by atoms with Crippen molar-refractivity contribution >= 4 is 28.9 Å². The van der Waals surface area contributed by atoms with Gasteiger partial charge in [0.2, 0.25) is 0 Å². The average molecular weight is 450 g/mol. The molecule has 1 aliphatic heterocycles. The minimum Gasteiger partial charge on any atom is -0.491 e. The maximum atomic E-state index is 6.60. The van der Waals surface area contributed by atoms with Crippen LogP contribution in [-0.4, -0.2) is 6.61 Å². The Morgan fingerprint density at radius 1 is 0.903 bits per heavy atom. The Balaban J connectivity index is 1.39. The van der Waals surface area contributed by atoms with Gasteiger partial charge in [-0.25, -0.2) is 0 Å². The van der Waals surface area contributed by atoms with Crippen molar-refractivity contribution in [3.8, 4) is 5.75 Å². The molecule has 1 N–H and O–H groups in total. The molecule has 0 fully saturated rings. The number of aryl methyl sites for hydroxylation is 1. The molecule has 4 heteroatoms. The molecule has 5 rings (SSSR count). The molecular weight excluding hydrogens is 425 g/mol. The fourth-order valence-electron chi connectivity index (χ4n) is 4.91. The lowest BCUT2D eigenvalue weighted by atomic mass is 9.77. The summed E-state index contributed by atoms with van der Waals surface area (Å²) >= 11 is 13.2. The van der Waals surface area contributed by atoms with Gasteiger partial charge in [0.1, 0.15) is 5.75 Å². The van der Waals surface area contributed by atoms with Crippen LogP contribution in [0.15, 0.2) is 78.9 Å². The van der Waals surface area contributed by atoms with Gasteiger partial charge in [0.25, 0.3) is 0 Å². The van der Waals surface area contributed by atoms with E-state index in [0.717, 1.165) is 36.3 Å². The quantitative estimate of drug-likeness (QED) is 0.305. The third kappa shape index (κ3) is 4.07. The first-order chi connectivity index (χ1) is 15.2. The molecule has 1 heterocycles. The number of hydrogen-bond donors (Lipinski definition) is 1. The first-order valence-corrected chi connectivity index (χ1v) is 11.6. The third-order valence-electron chi connectivity index (χ3n) is 6.38. The van der Waals surface area contributed by atoms with Crippen LogP contribution in [0.25, 0.3) is 0 Å². The number of allylic oxidation sites excluding steroid dienone is 2. The van der Waals surface area contributed by atoms with Crippen molar-refractivity contribution in [1.82, 2.24) is 0 Å². The van der Waals surface area contributed by atoms with Gasteiger partial charge in [-0.15, -0.1) is 0 Å². The summed E-state index contributed by atoms with van der Waals surface area (Å²) in [6.07, 6.45) is 7.58. The zero-order valence-corrected chi connectivity index (χ0v) is 18.7. The van der Waals surface area contributed by atoms with E-state index in [0.29, 0.717) is 28.5 Å². The number of para-hydroxylation sites is 1. The van der Waals surface area contributed by atoms with Crippen LogP contribution in [0.5, 0.6) is 5.75 Å². The number of anilines is 1. The smallest absolute Gasteiger partial charge is 0.142 e. The topological polar surface area (TPSA) is 21.3 Å². The third-order valence-corrected chi connectivity index (χ3v) is 7.04. The lowest BCUT2D eigenvalue weighted by Gasteiger charge is -2.38. The molecule has 158 valence electrons. The van der Waals surface area contributed by atoms with E-state index < -0.39 is 0 Å². The van der Waals surface area contributed by atoms with Crippen LogP contribution < -0.4 is 10.1 Å². The highest BCUT2D eigenvalue weighted by molar-refractivity contribution is 6.36. The summed E-state index contributed by atoms with van der Waals surface area (Å²) in [7, 11) is 0. The molecule has 3 aromatic carbocycles. The van der Waals surface area contributed by atoms with Crippen LogP contribution in [-0.2, 0) is 6.42 Å². The number of hydrogen-bond acceptors (Lipinski definition) is 2. The molecule has 2 nitrogen and oxygen atoms in total. The van der Waals surface area contributed by atoms with Gasteiger partial charge in [-0.3, -0.25) is 0 Å². The minimum absolute atomic E-state index is 0.0442. The number of halogens is 2. The predicted molar refractivity (Wildman–Crippen MR) is 130 cm³/mol. The van der Waals surface area contributed by atoms with E-state index in [2.05, 4.69) is 59.9 Å². The Hall–Kier alpha value is -2.42. The van der Waals surface area contributed by atoms with Gasteiger partial charge in [-0.05, 0) is 54.5 Å². The largest absolute Gasteiger partial charge is 0.491 e. The Kier molecular flexibility index (Phi) is 5.93. The fraction of sp³-hybridized carbons (Fsp3) is 0.259. The number of rotatable bonds is 6. The summed E-state index contributed by atoms with van der Waals surface area (Å²) in [4.78, 5) is 0. The lowest BCUT2D eigenvalue weighted by Crippen LogP contribution is -2.30. The van der Waals surface area contributed by atoms with Gasteiger partial charge in [0, 0.05) is 21.5 Å². The molecule has 3 atom stereocenters. The van der Waals surface area contributed by atoms with Crippen molar-refractivity contribution < 1.29 is 4.74 Å². The fourth-order valence-corrected chi connectivity index (χ4v) is 5.54. The van der Waals surface area contributed by atoms with Crippen molar-refractivity contribution in [3.05, 3.63) is 106 Å². The van der Waals surface area contributed by atoms with E-state index in [1.807, 2.05) is 24.3 Å². The van der Waals surface area contributed by atoms with E-state index >= 15 is 0 Å². The molecule has 0 aromatic heterocycles. The van der Waals surface area contributed by atoms with Gasteiger partial charge in [-0.2, -0.15) is 0 Å². The first kappa shape index (κ1) is 20.5. The lowest BCUT2D eigenvalue weighted by molar-refractivity contribution is 0.309. The minimum atomic E-state index is 0.0442. The molecule has 0 amide bonds. The molecular formula is C27H25Cl2NO. The predicted octanol–water partition coefficient (Wildman–Crippen LogP) is 7.83. The van der Waals surface area contributed by atoms with Crippen molar-refractivity contribution in [3.63, 3.8) is 0 Å². The highest BCUT2D eigenvalue weighted by Gasteiger charge is 2.40. The van der Waals surface area contributed by atoms with Gasteiger partial charge >= 0.3 is 0 Å². The van der Waals surface area contributed by atoms with Crippen molar-refractivity contribution in [2.75, 3.05) is 11.9 Å². The van der Waals surface area contributed by atoms with Crippen molar-refractivity contribution in [2.45, 2.75) is 31.2 Å². The van der Waals surface area contributed by atoms with Gasteiger partial charge in [0.15, 0.2) is 0 Å². The molecule has 0 saturated carbocycles. The Morgan fingerprint density at radius 3 is 2.48 bits per heavy atom. The molecule has 2 aliphatic rings. The van der Waals surface area contributed by atoms with Crippen LogP contribution in [0.2, 0.25) is 10.0 Å². The van der Waals surface area contributed by atoms with Crippen molar-refractivity contribution in [1.29, 1.82) is 0 Å². The van der Waals surface area contributed by atoms with E-state index in [1.54, 1.807) is 0 Å². The molecule has 3 aromatic rings. The Bertz CT molecular complexity index is 1080. The molecule has 0 radical (unpaired) electrons. The number of fused-ring (bicyclic) bond motifs is 3. The van der Waals surface area contributed by atoms with E-state index in [4.69, 9.17) is 27.9 Å². The van der Waals surface area contributed by atoms with Gasteiger partial charge < -0.3 is 10.1 Å². The summed E-state index contributed by atoms with van der Waals surface area (Å²) in [6.45, 7) is 0.675. The van der Waals surface area contributed by atoms with E-state index in [9.17, 15) is 0 Å². The van der Waals surface area contributed by atoms with E-state index in [-0.39, 0.29) is 6.04 Å². The summed E-state index contributed by atoms with van der Waals surface area (Å²) in [5.74, 6) is 1.62. The molecule has 31 heavy (non-hydrogen) atoms. The van der Waals surface area contributed by atoms with Crippen LogP contribution in [0, 0.1) is 5.92 Å². The van der Waals surface area contributed by atoms with Crippen LogP contribution in [0.1, 0.15) is 41.5 Å². The SMILES string of the molecule is Clc1cccc(Cl)c1C1Nc2c(OCCCc3ccccc3)cccc2C2C=CCC21. The van der Waals surface area contributed by atoms with Crippen LogP contribution >= 0.6 is 23.2 Å². The summed E-state index contributed by atoms with van der Waals surface area (Å²) < 4.78 is 6.27.